The summed E-state index contributed by atoms with van der Waals surface area (Å²) in [5.74, 6) is -0.175. The van der Waals surface area contributed by atoms with Crippen LogP contribution in [0.25, 0.3) is 75.2 Å². The summed E-state index contributed by atoms with van der Waals surface area (Å²) in [6.07, 6.45) is 0. The second kappa shape index (κ2) is 8.04. The van der Waals surface area contributed by atoms with Gasteiger partial charge < -0.3 is 9.13 Å². The summed E-state index contributed by atoms with van der Waals surface area (Å²) in [4.78, 5) is 0. The lowest BCUT2D eigenvalue weighted by molar-refractivity contribution is 0.642. The Kier molecular flexibility index (Phi) is 4.41. The number of aromatic nitrogens is 2. The normalized spacial score (nSPS) is 12.1. The third-order valence-corrected chi connectivity index (χ3v) is 9.38. The monoisotopic (exact) mass is 532 g/mol. The van der Waals surface area contributed by atoms with Crippen molar-refractivity contribution in [1.82, 2.24) is 9.13 Å². The maximum Gasteiger partial charge on any atom is 0.133 e. The molecule has 0 saturated heterocycles. The van der Waals surface area contributed by atoms with E-state index >= 15 is 4.39 Å². The summed E-state index contributed by atoms with van der Waals surface area (Å²) in [5.41, 5.74) is 6.58. The lowest BCUT2D eigenvalue weighted by atomic mass is 10.1. The van der Waals surface area contributed by atoms with E-state index in [0.717, 1.165) is 59.0 Å². The molecule has 4 heteroatoms. The van der Waals surface area contributed by atoms with E-state index in [-0.39, 0.29) is 5.82 Å². The number of para-hydroxylation sites is 4. The maximum atomic E-state index is 16.2. The van der Waals surface area contributed by atoms with E-state index < -0.39 is 0 Å². The molecule has 0 aliphatic carbocycles. The molecule has 0 spiro atoms. The van der Waals surface area contributed by atoms with E-state index in [4.69, 9.17) is 0 Å². The van der Waals surface area contributed by atoms with Gasteiger partial charge in [0.2, 0.25) is 0 Å². The zero-order valence-electron chi connectivity index (χ0n) is 21.3. The SMILES string of the molecule is Fc1cc2c3ccccc3n(-c3ccccc3)c2c2sc3c(ccc4c5ccccc5n(-c5ccccc5)c43)c12. The van der Waals surface area contributed by atoms with E-state index in [1.165, 1.54) is 10.8 Å². The summed E-state index contributed by atoms with van der Waals surface area (Å²) in [6.45, 7) is 0. The Balaban J connectivity index is 1.54. The summed E-state index contributed by atoms with van der Waals surface area (Å²) in [6, 6.07) is 43.7. The Morgan fingerprint density at radius 1 is 0.450 bits per heavy atom. The number of benzene rings is 6. The highest BCUT2D eigenvalue weighted by molar-refractivity contribution is 7.27. The van der Waals surface area contributed by atoms with Crippen molar-refractivity contribution in [2.45, 2.75) is 0 Å². The van der Waals surface area contributed by atoms with Crippen LogP contribution in [0.4, 0.5) is 4.39 Å². The molecule has 40 heavy (non-hydrogen) atoms. The molecule has 9 aromatic rings. The fraction of sp³-hybridized carbons (Fsp3) is 0. The topological polar surface area (TPSA) is 9.86 Å². The van der Waals surface area contributed by atoms with E-state index in [9.17, 15) is 0 Å². The summed E-state index contributed by atoms with van der Waals surface area (Å²) < 4.78 is 22.9. The Morgan fingerprint density at radius 2 is 0.950 bits per heavy atom. The van der Waals surface area contributed by atoms with E-state index in [1.807, 2.05) is 18.2 Å². The summed E-state index contributed by atoms with van der Waals surface area (Å²) in [5, 5.41) is 6.03. The molecule has 9 rings (SSSR count). The first-order valence-corrected chi connectivity index (χ1v) is 14.2. The summed E-state index contributed by atoms with van der Waals surface area (Å²) >= 11 is 1.70. The van der Waals surface area contributed by atoms with Crippen LogP contribution < -0.4 is 0 Å². The van der Waals surface area contributed by atoms with Crippen LogP contribution in [0.15, 0.2) is 127 Å². The van der Waals surface area contributed by atoms with Crippen molar-refractivity contribution in [2.75, 3.05) is 0 Å². The van der Waals surface area contributed by atoms with Gasteiger partial charge in [-0.25, -0.2) is 4.39 Å². The molecule has 0 aliphatic heterocycles. The number of halogens is 1. The Hall–Kier alpha value is -4.93. The molecule has 0 N–H and O–H groups in total. The third kappa shape index (κ3) is 2.81. The highest BCUT2D eigenvalue weighted by Crippen LogP contribution is 2.47. The molecule has 0 amide bonds. The number of rotatable bonds is 2. The van der Waals surface area contributed by atoms with Gasteiger partial charge in [-0.1, -0.05) is 84.9 Å². The van der Waals surface area contributed by atoms with Gasteiger partial charge in [-0.15, -0.1) is 11.3 Å². The molecule has 6 aromatic carbocycles. The van der Waals surface area contributed by atoms with Crippen LogP contribution in [0.3, 0.4) is 0 Å². The first-order chi connectivity index (χ1) is 19.8. The predicted molar refractivity (Wildman–Crippen MR) is 168 cm³/mol. The molecule has 0 fully saturated rings. The largest absolute Gasteiger partial charge is 0.308 e. The van der Waals surface area contributed by atoms with Crippen LogP contribution in [-0.2, 0) is 0 Å². The van der Waals surface area contributed by atoms with Gasteiger partial charge in [0.05, 0.1) is 31.5 Å². The van der Waals surface area contributed by atoms with Gasteiger partial charge in [0, 0.05) is 43.7 Å². The first kappa shape index (κ1) is 21.9. The Morgan fingerprint density at radius 3 is 1.57 bits per heavy atom. The Bertz CT molecular complexity index is 2430. The minimum atomic E-state index is -0.175. The fourth-order valence-electron chi connectivity index (χ4n) is 6.53. The molecule has 188 valence electrons. The van der Waals surface area contributed by atoms with Crippen molar-refractivity contribution in [1.29, 1.82) is 0 Å². The highest BCUT2D eigenvalue weighted by Gasteiger charge is 2.23. The average Bonchev–Trinajstić information content (AvgIpc) is 3.66. The Labute approximate surface area is 232 Å². The molecule has 3 aromatic heterocycles. The van der Waals surface area contributed by atoms with Crippen molar-refractivity contribution >= 4 is 75.1 Å². The molecular formula is C36H21FN2S. The molecule has 0 unspecified atom stereocenters. The van der Waals surface area contributed by atoms with Crippen molar-refractivity contribution in [2.24, 2.45) is 0 Å². The van der Waals surface area contributed by atoms with Gasteiger partial charge in [0.1, 0.15) is 5.82 Å². The number of thiophene rings is 1. The lowest BCUT2D eigenvalue weighted by Crippen LogP contribution is -1.93. The lowest BCUT2D eigenvalue weighted by Gasteiger charge is -2.08. The smallest absolute Gasteiger partial charge is 0.133 e. The van der Waals surface area contributed by atoms with Crippen LogP contribution in [0.5, 0.6) is 0 Å². The molecular weight excluding hydrogens is 511 g/mol. The van der Waals surface area contributed by atoms with Gasteiger partial charge >= 0.3 is 0 Å². The molecule has 2 nitrogen and oxygen atoms in total. The standard InChI is InChI=1S/C36H21FN2S/c37-29-21-28-25-16-8-10-18-31(25)39(23-13-5-2-6-14-23)34(28)36-32(29)27-20-19-26-24-15-7-9-17-30(24)38(33(26)35(27)40-36)22-11-3-1-4-12-22/h1-21H. The molecule has 0 aliphatic rings. The van der Waals surface area contributed by atoms with Gasteiger partial charge in [-0.3, -0.25) is 0 Å². The molecule has 0 radical (unpaired) electrons. The van der Waals surface area contributed by atoms with Gasteiger partial charge in [0.15, 0.2) is 0 Å². The zero-order chi connectivity index (χ0) is 26.4. The van der Waals surface area contributed by atoms with E-state index in [2.05, 4.69) is 112 Å². The van der Waals surface area contributed by atoms with Gasteiger partial charge in [-0.05, 0) is 42.5 Å². The van der Waals surface area contributed by atoms with Crippen LogP contribution in [0.2, 0.25) is 0 Å². The third-order valence-electron chi connectivity index (χ3n) is 8.16. The number of hydrogen-bond acceptors (Lipinski definition) is 1. The zero-order valence-corrected chi connectivity index (χ0v) is 22.1. The van der Waals surface area contributed by atoms with Gasteiger partial charge in [-0.2, -0.15) is 0 Å². The molecule has 0 atom stereocenters. The highest BCUT2D eigenvalue weighted by atomic mass is 32.1. The predicted octanol–water partition coefficient (Wildman–Crippen LogP) is 10.4. The number of fused-ring (bicyclic) bond motifs is 11. The average molecular weight is 533 g/mol. The number of nitrogens with zero attached hydrogens (tertiary/aromatic N) is 2. The molecule has 3 heterocycles. The van der Waals surface area contributed by atoms with Crippen molar-refractivity contribution in [3.05, 3.63) is 133 Å². The number of hydrogen-bond donors (Lipinski definition) is 0. The first-order valence-electron chi connectivity index (χ1n) is 13.4. The van der Waals surface area contributed by atoms with Crippen molar-refractivity contribution in [3.63, 3.8) is 0 Å². The van der Waals surface area contributed by atoms with E-state index in [0.29, 0.717) is 5.39 Å². The maximum absolute atomic E-state index is 16.2. The van der Waals surface area contributed by atoms with Crippen molar-refractivity contribution < 1.29 is 4.39 Å². The summed E-state index contributed by atoms with van der Waals surface area (Å²) in [7, 11) is 0. The van der Waals surface area contributed by atoms with Crippen LogP contribution in [0, 0.1) is 5.82 Å². The second-order valence-electron chi connectivity index (χ2n) is 10.3. The van der Waals surface area contributed by atoms with Crippen LogP contribution >= 0.6 is 11.3 Å². The van der Waals surface area contributed by atoms with E-state index in [1.54, 1.807) is 17.4 Å². The fourth-order valence-corrected chi connectivity index (χ4v) is 7.92. The van der Waals surface area contributed by atoms with Gasteiger partial charge in [0.25, 0.3) is 0 Å². The minimum Gasteiger partial charge on any atom is -0.308 e. The van der Waals surface area contributed by atoms with Crippen LogP contribution in [0.1, 0.15) is 0 Å². The molecule has 0 saturated carbocycles. The quantitative estimate of drug-likeness (QED) is 0.210. The van der Waals surface area contributed by atoms with Crippen LogP contribution in [-0.4, -0.2) is 9.13 Å². The second-order valence-corrected chi connectivity index (χ2v) is 11.3. The minimum absolute atomic E-state index is 0.175. The molecule has 0 bridgehead atoms. The van der Waals surface area contributed by atoms with Crippen molar-refractivity contribution in [3.8, 4) is 11.4 Å².